The Morgan fingerprint density at radius 2 is 1.81 bits per heavy atom. The molecule has 0 fully saturated rings. The summed E-state index contributed by atoms with van der Waals surface area (Å²) in [6.45, 7) is 3.00. The first-order valence-corrected chi connectivity index (χ1v) is 8.18. The number of carbonyl (C=O) groups is 2. The van der Waals surface area contributed by atoms with Crippen molar-refractivity contribution in [3.63, 3.8) is 0 Å². The highest BCUT2D eigenvalue weighted by Crippen LogP contribution is 2.27. The van der Waals surface area contributed by atoms with Crippen LogP contribution in [0.3, 0.4) is 0 Å². The Bertz CT molecular complexity index is 812. The van der Waals surface area contributed by atoms with Gasteiger partial charge < -0.3 is 14.2 Å². The van der Waals surface area contributed by atoms with Crippen molar-refractivity contribution in [2.45, 2.75) is 20.0 Å². The van der Waals surface area contributed by atoms with E-state index in [0.29, 0.717) is 11.5 Å². The number of halogens is 1. The van der Waals surface area contributed by atoms with E-state index in [1.165, 1.54) is 32.2 Å². The van der Waals surface area contributed by atoms with Crippen molar-refractivity contribution in [1.82, 2.24) is 10.9 Å². The number of para-hydroxylation sites is 1. The van der Waals surface area contributed by atoms with Gasteiger partial charge in [0.05, 0.1) is 7.11 Å². The van der Waals surface area contributed by atoms with Gasteiger partial charge >= 0.3 is 0 Å². The fraction of sp³-hybridized carbons (Fsp3) is 0.263. The summed E-state index contributed by atoms with van der Waals surface area (Å²) in [4.78, 5) is 23.8. The maximum absolute atomic E-state index is 13.5. The monoisotopic (exact) mass is 376 g/mol. The van der Waals surface area contributed by atoms with Crippen molar-refractivity contribution in [1.29, 1.82) is 0 Å². The van der Waals surface area contributed by atoms with Crippen LogP contribution in [0.25, 0.3) is 0 Å². The molecular formula is C19H21FN2O5. The van der Waals surface area contributed by atoms with Gasteiger partial charge in [0.1, 0.15) is 0 Å². The quantitative estimate of drug-likeness (QED) is 0.723. The Morgan fingerprint density at radius 1 is 1.07 bits per heavy atom. The Hall–Kier alpha value is -3.29. The third-order valence-corrected chi connectivity index (χ3v) is 3.51. The molecule has 2 amide bonds. The molecule has 0 aliphatic carbocycles. The summed E-state index contributed by atoms with van der Waals surface area (Å²) in [7, 11) is 1.50. The van der Waals surface area contributed by atoms with Crippen molar-refractivity contribution in [2.75, 3.05) is 13.7 Å². The van der Waals surface area contributed by atoms with Crippen molar-refractivity contribution >= 4 is 11.8 Å². The number of benzene rings is 2. The number of methoxy groups -OCH3 is 1. The molecule has 0 saturated heterocycles. The second-order valence-electron chi connectivity index (χ2n) is 5.67. The Balaban J connectivity index is 1.79. The normalized spacial score (nSPS) is 11.3. The van der Waals surface area contributed by atoms with Crippen LogP contribution in [0.5, 0.6) is 17.2 Å². The number of rotatable bonds is 7. The van der Waals surface area contributed by atoms with Gasteiger partial charge in [0.2, 0.25) is 0 Å². The van der Waals surface area contributed by atoms with Crippen LogP contribution in [0.2, 0.25) is 0 Å². The van der Waals surface area contributed by atoms with E-state index in [9.17, 15) is 14.0 Å². The lowest BCUT2D eigenvalue weighted by Gasteiger charge is -2.16. The lowest BCUT2D eigenvalue weighted by atomic mass is 10.2. The fourth-order valence-electron chi connectivity index (χ4n) is 2.09. The minimum Gasteiger partial charge on any atom is -0.493 e. The highest BCUT2D eigenvalue weighted by Gasteiger charge is 2.17. The second-order valence-corrected chi connectivity index (χ2v) is 5.67. The number of amides is 2. The minimum atomic E-state index is -1.01. The molecule has 0 aliphatic rings. The van der Waals surface area contributed by atoms with Gasteiger partial charge in [0, 0.05) is 0 Å². The van der Waals surface area contributed by atoms with Gasteiger partial charge in [-0.1, -0.05) is 18.2 Å². The Morgan fingerprint density at radius 3 is 2.52 bits per heavy atom. The molecule has 144 valence electrons. The lowest BCUT2D eigenvalue weighted by molar-refractivity contribution is -0.133. The molecule has 0 bridgehead atoms. The zero-order valence-corrected chi connectivity index (χ0v) is 15.2. The molecule has 2 aromatic carbocycles. The number of carbonyl (C=O) groups excluding carboxylic acids is 2. The summed E-state index contributed by atoms with van der Waals surface area (Å²) < 4.78 is 29.3. The largest absolute Gasteiger partial charge is 0.493 e. The molecule has 2 aromatic rings. The maximum Gasteiger partial charge on any atom is 0.279 e. The highest BCUT2D eigenvalue weighted by molar-refractivity contribution is 5.85. The first-order chi connectivity index (χ1) is 12.9. The molecule has 0 spiro atoms. The molecule has 27 heavy (non-hydrogen) atoms. The summed E-state index contributed by atoms with van der Waals surface area (Å²) >= 11 is 0. The smallest absolute Gasteiger partial charge is 0.279 e. The van der Waals surface area contributed by atoms with Gasteiger partial charge in [-0.15, -0.1) is 0 Å². The average molecular weight is 376 g/mol. The molecule has 1 atom stereocenters. The summed E-state index contributed by atoms with van der Waals surface area (Å²) in [5.41, 5.74) is 5.39. The average Bonchev–Trinajstić information content (AvgIpc) is 2.66. The Kier molecular flexibility index (Phi) is 6.99. The summed E-state index contributed by atoms with van der Waals surface area (Å²) in [6, 6.07) is 11.0. The zero-order chi connectivity index (χ0) is 19.8. The number of hydrazine groups is 1. The maximum atomic E-state index is 13.5. The molecule has 0 saturated carbocycles. The van der Waals surface area contributed by atoms with Crippen LogP contribution in [-0.4, -0.2) is 31.6 Å². The van der Waals surface area contributed by atoms with Gasteiger partial charge in [0.25, 0.3) is 11.8 Å². The van der Waals surface area contributed by atoms with Crippen LogP contribution in [0, 0.1) is 12.7 Å². The molecule has 1 unspecified atom stereocenters. The van der Waals surface area contributed by atoms with Crippen molar-refractivity contribution < 1.29 is 28.2 Å². The van der Waals surface area contributed by atoms with Gasteiger partial charge in [-0.25, -0.2) is 4.39 Å². The number of hydrogen-bond donors (Lipinski definition) is 2. The van der Waals surface area contributed by atoms with Gasteiger partial charge in [-0.2, -0.15) is 0 Å². The molecule has 0 aromatic heterocycles. The standard InChI is InChI=1S/C19H21FN2O5/c1-12-8-9-16(17(10-12)25-3)26-11-18(23)21-22-19(24)13(2)27-15-7-5-4-6-14(15)20/h4-10,13H,11H2,1-3H3,(H,21,23)(H,22,24). The van der Waals surface area contributed by atoms with Crippen LogP contribution < -0.4 is 25.1 Å². The topological polar surface area (TPSA) is 85.9 Å². The number of hydrogen-bond acceptors (Lipinski definition) is 5. The van der Waals surface area contributed by atoms with E-state index in [1.807, 2.05) is 13.0 Å². The second kappa shape index (κ2) is 9.42. The van der Waals surface area contributed by atoms with E-state index in [2.05, 4.69) is 10.9 Å². The van der Waals surface area contributed by atoms with E-state index in [1.54, 1.807) is 18.2 Å². The van der Waals surface area contributed by atoms with E-state index in [0.717, 1.165) is 5.56 Å². The van der Waals surface area contributed by atoms with Crippen LogP contribution in [0.15, 0.2) is 42.5 Å². The van der Waals surface area contributed by atoms with Crippen molar-refractivity contribution in [3.05, 3.63) is 53.8 Å². The van der Waals surface area contributed by atoms with Crippen LogP contribution in [0.1, 0.15) is 12.5 Å². The van der Waals surface area contributed by atoms with Crippen LogP contribution in [-0.2, 0) is 9.59 Å². The molecule has 2 rings (SSSR count). The van der Waals surface area contributed by atoms with Crippen LogP contribution >= 0.6 is 0 Å². The van der Waals surface area contributed by atoms with Gasteiger partial charge in [0.15, 0.2) is 35.8 Å². The molecule has 0 heterocycles. The number of aryl methyl sites for hydroxylation is 1. The molecule has 7 nitrogen and oxygen atoms in total. The zero-order valence-electron chi connectivity index (χ0n) is 15.2. The third-order valence-electron chi connectivity index (χ3n) is 3.51. The van der Waals surface area contributed by atoms with E-state index < -0.39 is 23.7 Å². The van der Waals surface area contributed by atoms with E-state index in [4.69, 9.17) is 14.2 Å². The molecule has 0 radical (unpaired) electrons. The van der Waals surface area contributed by atoms with E-state index in [-0.39, 0.29) is 12.4 Å². The molecule has 2 N–H and O–H groups in total. The first kappa shape index (κ1) is 20.0. The molecular weight excluding hydrogens is 355 g/mol. The minimum absolute atomic E-state index is 0.0544. The SMILES string of the molecule is COc1cc(C)ccc1OCC(=O)NNC(=O)C(C)Oc1ccccc1F. The lowest BCUT2D eigenvalue weighted by Crippen LogP contribution is -2.48. The predicted molar refractivity (Wildman–Crippen MR) is 96.0 cm³/mol. The van der Waals surface area contributed by atoms with Gasteiger partial charge in [-0.3, -0.25) is 20.4 Å². The highest BCUT2D eigenvalue weighted by atomic mass is 19.1. The van der Waals surface area contributed by atoms with E-state index >= 15 is 0 Å². The van der Waals surface area contributed by atoms with Crippen LogP contribution in [0.4, 0.5) is 4.39 Å². The van der Waals surface area contributed by atoms with Crippen molar-refractivity contribution in [2.24, 2.45) is 0 Å². The first-order valence-electron chi connectivity index (χ1n) is 8.18. The number of ether oxygens (including phenoxy) is 3. The third kappa shape index (κ3) is 5.88. The molecule has 8 heteroatoms. The molecule has 0 aliphatic heterocycles. The number of nitrogens with one attached hydrogen (secondary N) is 2. The Labute approximate surface area is 156 Å². The predicted octanol–water partition coefficient (Wildman–Crippen LogP) is 2.14. The van der Waals surface area contributed by atoms with Gasteiger partial charge in [-0.05, 0) is 43.7 Å². The summed E-state index contributed by atoms with van der Waals surface area (Å²) in [6.07, 6.45) is -1.01. The summed E-state index contributed by atoms with van der Waals surface area (Å²) in [5.74, 6) is -0.953. The van der Waals surface area contributed by atoms with Crippen molar-refractivity contribution in [3.8, 4) is 17.2 Å². The fourth-order valence-corrected chi connectivity index (χ4v) is 2.09. The summed E-state index contributed by atoms with van der Waals surface area (Å²) in [5, 5.41) is 0.